The second-order valence-electron chi connectivity index (χ2n) is 5.25. The van der Waals surface area contributed by atoms with Crippen molar-refractivity contribution in [3.8, 4) is 16.2 Å². The minimum Gasteiger partial charge on any atom is -0.497 e. The average Bonchev–Trinajstić information content (AvgIpc) is 3.32. The lowest BCUT2D eigenvalue weighted by molar-refractivity contribution is 0.103. The first kappa shape index (κ1) is 18.0. The number of ether oxygens (including phenoxy) is 1. The number of thiophene rings is 2. The van der Waals surface area contributed by atoms with Crippen molar-refractivity contribution in [2.45, 2.75) is 0 Å². The van der Waals surface area contributed by atoms with Crippen LogP contribution in [0.1, 0.15) is 9.67 Å². The molecule has 3 amide bonds. The fourth-order valence-electron chi connectivity index (χ4n) is 2.25. The van der Waals surface area contributed by atoms with Crippen molar-refractivity contribution in [3.63, 3.8) is 0 Å². The number of rotatable bonds is 5. The maximum Gasteiger partial charge on any atom is 0.319 e. The number of methoxy groups -OCH3 is 1. The molecule has 8 heteroatoms. The van der Waals surface area contributed by atoms with Gasteiger partial charge in [-0.3, -0.25) is 4.79 Å². The molecule has 2 aromatic heterocycles. The number of hydrogen-bond donors (Lipinski definition) is 3. The number of carbonyl (C=O) groups excluding carboxylic acids is 2. The van der Waals surface area contributed by atoms with Gasteiger partial charge in [0.05, 0.1) is 12.8 Å². The Morgan fingerprint density at radius 3 is 2.46 bits per heavy atom. The van der Waals surface area contributed by atoms with Crippen LogP contribution in [-0.4, -0.2) is 26.1 Å². The van der Waals surface area contributed by atoms with Gasteiger partial charge < -0.3 is 20.7 Å². The number of carbonyl (C=O) groups is 2. The van der Waals surface area contributed by atoms with E-state index in [1.54, 1.807) is 42.7 Å². The predicted molar refractivity (Wildman–Crippen MR) is 107 cm³/mol. The summed E-state index contributed by atoms with van der Waals surface area (Å²) in [7, 11) is 3.11. The van der Waals surface area contributed by atoms with E-state index in [9.17, 15) is 9.59 Å². The molecule has 0 saturated heterocycles. The Hall–Kier alpha value is -2.84. The van der Waals surface area contributed by atoms with E-state index in [1.165, 1.54) is 18.4 Å². The van der Waals surface area contributed by atoms with E-state index >= 15 is 0 Å². The third-order valence-electron chi connectivity index (χ3n) is 3.57. The molecular weight excluding hydrogens is 370 g/mol. The quantitative estimate of drug-likeness (QED) is 0.603. The zero-order valence-corrected chi connectivity index (χ0v) is 15.8. The van der Waals surface area contributed by atoms with Gasteiger partial charge in [0.1, 0.15) is 10.6 Å². The van der Waals surface area contributed by atoms with Gasteiger partial charge in [0.15, 0.2) is 0 Å². The van der Waals surface area contributed by atoms with Crippen molar-refractivity contribution in [3.05, 3.63) is 52.0 Å². The summed E-state index contributed by atoms with van der Waals surface area (Å²) in [6, 6.07) is 10.5. The van der Waals surface area contributed by atoms with Crippen LogP contribution in [0.5, 0.6) is 5.75 Å². The molecule has 0 aliphatic rings. The van der Waals surface area contributed by atoms with Crippen LogP contribution < -0.4 is 20.7 Å². The van der Waals surface area contributed by atoms with Crippen molar-refractivity contribution in [2.24, 2.45) is 0 Å². The Kier molecular flexibility index (Phi) is 5.55. The summed E-state index contributed by atoms with van der Waals surface area (Å²) in [5.41, 5.74) is 2.14. The summed E-state index contributed by atoms with van der Waals surface area (Å²) < 4.78 is 5.11. The Morgan fingerprint density at radius 1 is 1.08 bits per heavy atom. The monoisotopic (exact) mass is 387 g/mol. The number of anilines is 2. The number of hydrogen-bond acceptors (Lipinski definition) is 5. The van der Waals surface area contributed by atoms with Crippen LogP contribution in [0.4, 0.5) is 16.2 Å². The predicted octanol–water partition coefficient (Wildman–Crippen LogP) is 4.49. The topological polar surface area (TPSA) is 79.5 Å². The fraction of sp³-hybridized carbons (Fsp3) is 0.111. The van der Waals surface area contributed by atoms with Gasteiger partial charge in [0.2, 0.25) is 0 Å². The van der Waals surface area contributed by atoms with E-state index in [1.807, 2.05) is 22.9 Å². The lowest BCUT2D eigenvalue weighted by atomic mass is 10.2. The normalized spacial score (nSPS) is 10.2. The molecule has 0 unspecified atom stereocenters. The first-order chi connectivity index (χ1) is 12.6. The summed E-state index contributed by atoms with van der Waals surface area (Å²) in [5.74, 6) is 0.425. The van der Waals surface area contributed by atoms with Crippen LogP contribution in [0.3, 0.4) is 0 Å². The molecule has 0 aliphatic carbocycles. The van der Waals surface area contributed by atoms with Crippen molar-refractivity contribution in [1.29, 1.82) is 0 Å². The van der Waals surface area contributed by atoms with Gasteiger partial charge in [-0.2, -0.15) is 11.3 Å². The Morgan fingerprint density at radius 2 is 1.85 bits per heavy atom. The highest BCUT2D eigenvalue weighted by atomic mass is 32.1. The molecule has 134 valence electrons. The highest BCUT2D eigenvalue weighted by Gasteiger charge is 2.19. The van der Waals surface area contributed by atoms with E-state index < -0.39 is 0 Å². The van der Waals surface area contributed by atoms with Crippen LogP contribution in [0.25, 0.3) is 10.4 Å². The van der Waals surface area contributed by atoms with E-state index in [-0.39, 0.29) is 11.9 Å². The number of nitrogens with one attached hydrogen (secondary N) is 3. The molecule has 1 aromatic carbocycles. The first-order valence-electron chi connectivity index (χ1n) is 7.71. The van der Waals surface area contributed by atoms with Crippen molar-refractivity contribution >= 4 is 46.0 Å². The smallest absolute Gasteiger partial charge is 0.319 e. The van der Waals surface area contributed by atoms with Crippen LogP contribution >= 0.6 is 22.7 Å². The molecule has 3 rings (SSSR count). The molecule has 0 aliphatic heterocycles. The Bertz CT molecular complexity index is 902. The first-order valence-corrected chi connectivity index (χ1v) is 9.47. The van der Waals surface area contributed by atoms with Gasteiger partial charge in [-0.05, 0) is 47.2 Å². The summed E-state index contributed by atoms with van der Waals surface area (Å²) in [4.78, 5) is 25.8. The van der Waals surface area contributed by atoms with Crippen LogP contribution in [0, 0.1) is 0 Å². The van der Waals surface area contributed by atoms with Gasteiger partial charge in [-0.15, -0.1) is 11.3 Å². The SMILES string of the molecule is CNC(=O)Nc1cc(-c2ccsc2)sc1C(=O)Nc1ccc(OC)cc1. The van der Waals surface area contributed by atoms with E-state index in [0.717, 1.165) is 10.4 Å². The number of benzene rings is 1. The fourth-order valence-corrected chi connectivity index (χ4v) is 3.98. The van der Waals surface area contributed by atoms with Gasteiger partial charge in [0, 0.05) is 23.2 Å². The molecule has 6 nitrogen and oxygen atoms in total. The van der Waals surface area contributed by atoms with Crippen molar-refractivity contribution in [2.75, 3.05) is 24.8 Å². The zero-order valence-electron chi connectivity index (χ0n) is 14.2. The molecule has 3 N–H and O–H groups in total. The molecule has 0 bridgehead atoms. The van der Waals surface area contributed by atoms with Crippen LogP contribution in [-0.2, 0) is 0 Å². The lowest BCUT2D eigenvalue weighted by Gasteiger charge is -2.08. The lowest BCUT2D eigenvalue weighted by Crippen LogP contribution is -2.25. The van der Waals surface area contributed by atoms with Crippen molar-refractivity contribution in [1.82, 2.24) is 5.32 Å². The molecule has 0 spiro atoms. The highest BCUT2D eigenvalue weighted by molar-refractivity contribution is 7.18. The minimum absolute atomic E-state index is 0.284. The highest BCUT2D eigenvalue weighted by Crippen LogP contribution is 2.36. The summed E-state index contributed by atoms with van der Waals surface area (Å²) in [5, 5.41) is 12.0. The largest absolute Gasteiger partial charge is 0.497 e. The molecule has 0 atom stereocenters. The molecule has 2 heterocycles. The molecule has 0 radical (unpaired) electrons. The van der Waals surface area contributed by atoms with Gasteiger partial charge >= 0.3 is 6.03 Å². The molecular formula is C18H17N3O3S2. The summed E-state index contributed by atoms with van der Waals surface area (Å²) in [6.45, 7) is 0. The Labute approximate surface area is 158 Å². The third-order valence-corrected chi connectivity index (χ3v) is 5.43. The molecule has 26 heavy (non-hydrogen) atoms. The van der Waals surface area contributed by atoms with Gasteiger partial charge in [-0.1, -0.05) is 0 Å². The molecule has 3 aromatic rings. The maximum atomic E-state index is 12.7. The van der Waals surface area contributed by atoms with Gasteiger partial charge in [0.25, 0.3) is 5.91 Å². The van der Waals surface area contributed by atoms with Crippen LogP contribution in [0.2, 0.25) is 0 Å². The van der Waals surface area contributed by atoms with E-state index in [0.29, 0.717) is 22.0 Å². The number of urea groups is 1. The standard InChI is InChI=1S/C18H17N3O3S2/c1-19-18(23)21-14-9-15(11-7-8-25-10-11)26-16(14)17(22)20-12-3-5-13(24-2)6-4-12/h3-10H,1-2H3,(H,20,22)(H2,19,21,23). The average molecular weight is 387 g/mol. The molecule has 0 fully saturated rings. The zero-order chi connectivity index (χ0) is 18.5. The third kappa shape index (κ3) is 4.04. The molecule has 0 saturated carbocycles. The van der Waals surface area contributed by atoms with E-state index in [4.69, 9.17) is 4.74 Å². The Balaban J connectivity index is 1.87. The second kappa shape index (κ2) is 8.03. The van der Waals surface area contributed by atoms with Crippen molar-refractivity contribution < 1.29 is 14.3 Å². The minimum atomic E-state index is -0.377. The van der Waals surface area contributed by atoms with Crippen LogP contribution in [0.15, 0.2) is 47.2 Å². The second-order valence-corrected chi connectivity index (χ2v) is 7.08. The maximum absolute atomic E-state index is 12.7. The van der Waals surface area contributed by atoms with Gasteiger partial charge in [-0.25, -0.2) is 4.79 Å². The summed E-state index contributed by atoms with van der Waals surface area (Å²) in [6.07, 6.45) is 0. The van der Waals surface area contributed by atoms with E-state index in [2.05, 4.69) is 16.0 Å². The summed E-state index contributed by atoms with van der Waals surface area (Å²) >= 11 is 2.91. The number of amides is 3.